The number of Topliss-reactive ketones (excluding diaryl/α,β-unsaturated/α-hetero) is 1. The SMILES string of the molecule is CCC(=O)C1CCc2[nH]c3ncnc(Nc4ccccc4OC4CCCC4)c3c2C1. The molecule has 2 N–H and O–H groups in total. The number of rotatable bonds is 6. The van der Waals surface area contributed by atoms with E-state index in [0.717, 1.165) is 60.4 Å². The molecule has 1 unspecified atom stereocenters. The highest BCUT2D eigenvalue weighted by atomic mass is 16.5. The standard InChI is InChI=1S/C24H28N4O2/c1-2-20(29)15-11-12-18-17(13-15)22-23(27-18)25-14-26-24(22)28-19-9-5-6-10-21(19)30-16-7-3-4-8-16/h5-6,9-10,14-16H,2-4,7-8,11-13H2,1H3,(H2,25,26,27,28). The number of ketones is 1. The molecular weight excluding hydrogens is 376 g/mol. The molecule has 1 aromatic carbocycles. The number of para-hydroxylation sites is 2. The monoisotopic (exact) mass is 404 g/mol. The van der Waals surface area contributed by atoms with Gasteiger partial charge in [-0.3, -0.25) is 4.79 Å². The normalized spacial score (nSPS) is 19.0. The lowest BCUT2D eigenvalue weighted by Crippen LogP contribution is -2.21. The summed E-state index contributed by atoms with van der Waals surface area (Å²) in [4.78, 5) is 24.8. The van der Waals surface area contributed by atoms with Crippen molar-refractivity contribution in [3.63, 3.8) is 0 Å². The third-order valence-corrected chi connectivity index (χ3v) is 6.52. The molecule has 2 aromatic heterocycles. The zero-order valence-corrected chi connectivity index (χ0v) is 17.4. The van der Waals surface area contributed by atoms with Gasteiger partial charge < -0.3 is 15.0 Å². The van der Waals surface area contributed by atoms with E-state index in [9.17, 15) is 4.79 Å². The smallest absolute Gasteiger partial charge is 0.143 e. The Labute approximate surface area is 176 Å². The Morgan fingerprint density at radius 1 is 1.20 bits per heavy atom. The molecule has 156 valence electrons. The number of nitrogens with one attached hydrogen (secondary N) is 2. The summed E-state index contributed by atoms with van der Waals surface area (Å²) in [6.45, 7) is 1.95. The largest absolute Gasteiger partial charge is 0.488 e. The highest BCUT2D eigenvalue weighted by molar-refractivity contribution is 5.94. The molecule has 5 rings (SSSR count). The number of H-pyrrole nitrogens is 1. The molecule has 0 radical (unpaired) electrons. The van der Waals surface area contributed by atoms with Gasteiger partial charge in [-0.05, 0) is 62.6 Å². The number of aromatic nitrogens is 3. The molecule has 6 heteroatoms. The summed E-state index contributed by atoms with van der Waals surface area (Å²) >= 11 is 0. The molecule has 2 aliphatic carbocycles. The average molecular weight is 405 g/mol. The third-order valence-electron chi connectivity index (χ3n) is 6.52. The van der Waals surface area contributed by atoms with Crippen molar-refractivity contribution in [2.75, 3.05) is 5.32 Å². The molecule has 0 saturated heterocycles. The lowest BCUT2D eigenvalue weighted by Gasteiger charge is -2.21. The Bertz CT molecular complexity index is 1070. The molecule has 1 atom stereocenters. The van der Waals surface area contributed by atoms with Crippen LogP contribution < -0.4 is 10.1 Å². The van der Waals surface area contributed by atoms with Crippen molar-refractivity contribution < 1.29 is 9.53 Å². The zero-order valence-electron chi connectivity index (χ0n) is 17.4. The van der Waals surface area contributed by atoms with Crippen molar-refractivity contribution in [1.29, 1.82) is 0 Å². The number of hydrogen-bond acceptors (Lipinski definition) is 5. The lowest BCUT2D eigenvalue weighted by atomic mass is 9.83. The summed E-state index contributed by atoms with van der Waals surface area (Å²) < 4.78 is 6.29. The van der Waals surface area contributed by atoms with Crippen LogP contribution in [0, 0.1) is 5.92 Å². The van der Waals surface area contributed by atoms with E-state index in [1.54, 1.807) is 6.33 Å². The van der Waals surface area contributed by atoms with Gasteiger partial charge in [-0.1, -0.05) is 19.1 Å². The van der Waals surface area contributed by atoms with E-state index in [2.05, 4.69) is 20.3 Å². The van der Waals surface area contributed by atoms with Crippen LogP contribution in [0.25, 0.3) is 11.0 Å². The van der Waals surface area contributed by atoms with Gasteiger partial charge in [-0.2, -0.15) is 0 Å². The summed E-state index contributed by atoms with van der Waals surface area (Å²) in [6.07, 6.45) is 9.71. The molecule has 0 bridgehead atoms. The molecule has 1 saturated carbocycles. The van der Waals surface area contributed by atoms with Crippen molar-refractivity contribution in [2.45, 2.75) is 64.4 Å². The number of fused-ring (bicyclic) bond motifs is 3. The number of ether oxygens (including phenoxy) is 1. The zero-order chi connectivity index (χ0) is 20.5. The van der Waals surface area contributed by atoms with Crippen molar-refractivity contribution >= 4 is 28.3 Å². The first-order valence-corrected chi connectivity index (χ1v) is 11.1. The Balaban J connectivity index is 1.49. The number of anilines is 2. The summed E-state index contributed by atoms with van der Waals surface area (Å²) in [5.41, 5.74) is 4.11. The predicted octanol–water partition coefficient (Wildman–Crippen LogP) is 5.11. The van der Waals surface area contributed by atoms with Gasteiger partial charge in [0.25, 0.3) is 0 Å². The van der Waals surface area contributed by atoms with Crippen LogP contribution in [0.15, 0.2) is 30.6 Å². The van der Waals surface area contributed by atoms with Gasteiger partial charge in [-0.25, -0.2) is 9.97 Å². The van der Waals surface area contributed by atoms with Crippen LogP contribution in [0.5, 0.6) is 5.75 Å². The number of aromatic amines is 1. The maximum absolute atomic E-state index is 12.3. The van der Waals surface area contributed by atoms with Crippen molar-refractivity contribution in [2.24, 2.45) is 5.92 Å². The number of hydrogen-bond donors (Lipinski definition) is 2. The molecule has 0 spiro atoms. The van der Waals surface area contributed by atoms with E-state index in [-0.39, 0.29) is 5.92 Å². The van der Waals surface area contributed by atoms with E-state index in [1.807, 2.05) is 31.2 Å². The van der Waals surface area contributed by atoms with E-state index in [4.69, 9.17) is 4.74 Å². The van der Waals surface area contributed by atoms with Crippen LogP contribution >= 0.6 is 0 Å². The Kier molecular flexibility index (Phi) is 5.15. The highest BCUT2D eigenvalue weighted by Crippen LogP contribution is 2.37. The molecular formula is C24H28N4O2. The Morgan fingerprint density at radius 3 is 2.87 bits per heavy atom. The lowest BCUT2D eigenvalue weighted by molar-refractivity contribution is -0.122. The van der Waals surface area contributed by atoms with Gasteiger partial charge >= 0.3 is 0 Å². The third kappa shape index (κ3) is 3.55. The Morgan fingerprint density at radius 2 is 2.03 bits per heavy atom. The number of benzene rings is 1. The van der Waals surface area contributed by atoms with Gasteiger partial charge in [-0.15, -0.1) is 0 Å². The van der Waals surface area contributed by atoms with Gasteiger partial charge in [0, 0.05) is 18.0 Å². The number of nitrogens with zero attached hydrogens (tertiary/aromatic N) is 2. The van der Waals surface area contributed by atoms with Crippen molar-refractivity contribution in [3.05, 3.63) is 41.9 Å². The Hall–Kier alpha value is -2.89. The summed E-state index contributed by atoms with van der Waals surface area (Å²) in [5, 5.41) is 4.50. The maximum atomic E-state index is 12.3. The fraction of sp³-hybridized carbons (Fsp3) is 0.458. The minimum absolute atomic E-state index is 0.0903. The second kappa shape index (κ2) is 8.09. The van der Waals surface area contributed by atoms with E-state index < -0.39 is 0 Å². The quantitative estimate of drug-likeness (QED) is 0.597. The minimum atomic E-state index is 0.0903. The predicted molar refractivity (Wildman–Crippen MR) is 117 cm³/mol. The molecule has 2 aliphatic rings. The molecule has 2 heterocycles. The fourth-order valence-electron chi connectivity index (χ4n) is 4.89. The topological polar surface area (TPSA) is 79.9 Å². The van der Waals surface area contributed by atoms with E-state index in [0.29, 0.717) is 18.3 Å². The maximum Gasteiger partial charge on any atom is 0.143 e. The number of carbonyl (C=O) groups excluding carboxylic acids is 1. The van der Waals surface area contributed by atoms with Crippen molar-refractivity contribution in [1.82, 2.24) is 15.0 Å². The number of aryl methyl sites for hydroxylation is 1. The van der Waals surface area contributed by atoms with Crippen LogP contribution in [-0.2, 0) is 17.6 Å². The van der Waals surface area contributed by atoms with Crippen LogP contribution in [0.4, 0.5) is 11.5 Å². The summed E-state index contributed by atoms with van der Waals surface area (Å²) in [5.74, 6) is 2.06. The molecule has 6 nitrogen and oxygen atoms in total. The molecule has 0 aliphatic heterocycles. The molecule has 0 amide bonds. The van der Waals surface area contributed by atoms with Gasteiger partial charge in [0.1, 0.15) is 29.3 Å². The molecule has 1 fully saturated rings. The summed E-state index contributed by atoms with van der Waals surface area (Å²) in [6, 6.07) is 8.05. The second-order valence-corrected chi connectivity index (χ2v) is 8.43. The van der Waals surface area contributed by atoms with Gasteiger partial charge in [0.15, 0.2) is 0 Å². The van der Waals surface area contributed by atoms with Crippen LogP contribution in [0.3, 0.4) is 0 Å². The minimum Gasteiger partial charge on any atom is -0.488 e. The van der Waals surface area contributed by atoms with Gasteiger partial charge in [0.2, 0.25) is 0 Å². The van der Waals surface area contributed by atoms with Crippen LogP contribution in [-0.4, -0.2) is 26.8 Å². The average Bonchev–Trinajstić information content (AvgIpc) is 3.42. The van der Waals surface area contributed by atoms with Gasteiger partial charge in [0.05, 0.1) is 17.2 Å². The summed E-state index contributed by atoms with van der Waals surface area (Å²) in [7, 11) is 0. The van der Waals surface area contributed by atoms with E-state index >= 15 is 0 Å². The first-order chi connectivity index (χ1) is 14.7. The second-order valence-electron chi connectivity index (χ2n) is 8.43. The van der Waals surface area contributed by atoms with Crippen molar-refractivity contribution in [3.8, 4) is 5.75 Å². The molecule has 30 heavy (non-hydrogen) atoms. The highest BCUT2D eigenvalue weighted by Gasteiger charge is 2.28. The first kappa shape index (κ1) is 19.1. The van der Waals surface area contributed by atoms with Crippen LogP contribution in [0.2, 0.25) is 0 Å². The number of carbonyl (C=O) groups is 1. The molecule has 3 aromatic rings. The first-order valence-electron chi connectivity index (χ1n) is 11.1. The van der Waals surface area contributed by atoms with Crippen LogP contribution in [0.1, 0.15) is 56.7 Å². The van der Waals surface area contributed by atoms with E-state index in [1.165, 1.54) is 24.1 Å². The fourth-order valence-corrected chi connectivity index (χ4v) is 4.89.